The van der Waals surface area contributed by atoms with E-state index in [0.29, 0.717) is 6.61 Å². The maximum absolute atomic E-state index is 11.2. The Kier molecular flexibility index (Phi) is 4.11. The van der Waals surface area contributed by atoms with Gasteiger partial charge in [-0.3, -0.25) is 0 Å². The lowest BCUT2D eigenvalue weighted by atomic mass is 10.2. The molecule has 0 aliphatic carbocycles. The number of nitrogens with one attached hydrogen (secondary N) is 1. The number of carbonyl (C=O) groups excluding carboxylic acids is 1. The molecule has 1 amide bonds. The van der Waals surface area contributed by atoms with Crippen LogP contribution in [0.25, 0.3) is 0 Å². The van der Waals surface area contributed by atoms with E-state index in [9.17, 15) is 4.79 Å². The summed E-state index contributed by atoms with van der Waals surface area (Å²) in [7, 11) is 0. The normalized spacial score (nSPS) is 23.9. The summed E-state index contributed by atoms with van der Waals surface area (Å²) in [5.41, 5.74) is 1.73. The number of hydrogen-bond donors (Lipinski definition) is 1. The first-order valence-electron chi connectivity index (χ1n) is 5.52. The van der Waals surface area contributed by atoms with Crippen molar-refractivity contribution >= 4 is 12.3 Å². The van der Waals surface area contributed by atoms with Gasteiger partial charge >= 0.3 is 6.09 Å². The highest BCUT2D eigenvalue weighted by Gasteiger charge is 2.31. The minimum absolute atomic E-state index is 0.250. The smallest absolute Gasteiger partial charge is 0.428 e. The van der Waals surface area contributed by atoms with E-state index in [1.54, 1.807) is 20.8 Å². The van der Waals surface area contributed by atoms with E-state index in [1.807, 2.05) is 13.8 Å². The zero-order chi connectivity index (χ0) is 13.1. The SMILES string of the molecule is CC(C)(C)OC(=O)N/N=C/[C@H]1COC(C)(C)O1. The fourth-order valence-corrected chi connectivity index (χ4v) is 1.26. The molecule has 0 radical (unpaired) electrons. The summed E-state index contributed by atoms with van der Waals surface area (Å²) in [5.74, 6) is -0.595. The van der Waals surface area contributed by atoms with Gasteiger partial charge in [0, 0.05) is 0 Å². The van der Waals surface area contributed by atoms with Crippen LogP contribution < -0.4 is 5.43 Å². The summed E-state index contributed by atoms with van der Waals surface area (Å²) in [4.78, 5) is 11.2. The van der Waals surface area contributed by atoms with Crippen molar-refractivity contribution in [1.29, 1.82) is 0 Å². The lowest BCUT2D eigenvalue weighted by Gasteiger charge is -2.18. The molecular formula is C11H20N2O4. The van der Waals surface area contributed by atoms with E-state index in [4.69, 9.17) is 14.2 Å². The van der Waals surface area contributed by atoms with Gasteiger partial charge in [-0.25, -0.2) is 10.2 Å². The van der Waals surface area contributed by atoms with Gasteiger partial charge < -0.3 is 14.2 Å². The molecule has 0 saturated carbocycles. The molecule has 98 valence electrons. The molecule has 6 heteroatoms. The second-order valence-electron chi connectivity index (χ2n) is 5.26. The van der Waals surface area contributed by atoms with Crippen molar-refractivity contribution in [3.63, 3.8) is 0 Å². The highest BCUT2D eigenvalue weighted by Crippen LogP contribution is 2.20. The first-order valence-corrected chi connectivity index (χ1v) is 5.52. The molecule has 0 spiro atoms. The zero-order valence-electron chi connectivity index (χ0n) is 10.9. The first-order chi connectivity index (χ1) is 7.68. The summed E-state index contributed by atoms with van der Waals surface area (Å²) < 4.78 is 15.8. The predicted molar refractivity (Wildman–Crippen MR) is 62.8 cm³/mol. The topological polar surface area (TPSA) is 69.2 Å². The molecule has 0 aromatic heterocycles. The molecule has 6 nitrogen and oxygen atoms in total. The van der Waals surface area contributed by atoms with Gasteiger partial charge in [-0.1, -0.05) is 0 Å². The van der Waals surface area contributed by atoms with Crippen molar-refractivity contribution in [3.05, 3.63) is 0 Å². The van der Waals surface area contributed by atoms with E-state index in [-0.39, 0.29) is 6.10 Å². The van der Waals surface area contributed by atoms with Gasteiger partial charge in [-0.2, -0.15) is 5.10 Å². The van der Waals surface area contributed by atoms with E-state index in [0.717, 1.165) is 0 Å². The third-order valence-electron chi connectivity index (χ3n) is 1.83. The van der Waals surface area contributed by atoms with E-state index in [2.05, 4.69) is 10.5 Å². The Morgan fingerprint density at radius 2 is 2.18 bits per heavy atom. The van der Waals surface area contributed by atoms with Gasteiger partial charge in [0.25, 0.3) is 0 Å². The Morgan fingerprint density at radius 3 is 2.65 bits per heavy atom. The first kappa shape index (κ1) is 13.9. The van der Waals surface area contributed by atoms with Crippen molar-refractivity contribution in [3.8, 4) is 0 Å². The largest absolute Gasteiger partial charge is 0.443 e. The summed E-state index contributed by atoms with van der Waals surface area (Å²) in [6.07, 6.45) is 0.644. The summed E-state index contributed by atoms with van der Waals surface area (Å²) in [5, 5.41) is 3.75. The Morgan fingerprint density at radius 1 is 1.53 bits per heavy atom. The van der Waals surface area contributed by atoms with Crippen LogP contribution in [0.1, 0.15) is 34.6 Å². The molecular weight excluding hydrogens is 224 g/mol. The number of amides is 1. The average Bonchev–Trinajstić information content (AvgIpc) is 2.42. The number of hydrogen-bond acceptors (Lipinski definition) is 5. The molecule has 1 atom stereocenters. The number of hydrazone groups is 1. The molecule has 1 fully saturated rings. The minimum Gasteiger partial charge on any atom is -0.443 e. The van der Waals surface area contributed by atoms with Gasteiger partial charge in [0.05, 0.1) is 12.8 Å². The van der Waals surface area contributed by atoms with Crippen molar-refractivity contribution in [2.24, 2.45) is 5.10 Å². The summed E-state index contributed by atoms with van der Waals surface area (Å²) in [6, 6.07) is 0. The summed E-state index contributed by atoms with van der Waals surface area (Å²) >= 11 is 0. The highest BCUT2D eigenvalue weighted by molar-refractivity contribution is 5.70. The van der Waals surface area contributed by atoms with Crippen LogP contribution in [-0.2, 0) is 14.2 Å². The highest BCUT2D eigenvalue weighted by atomic mass is 16.7. The third kappa shape index (κ3) is 5.65. The van der Waals surface area contributed by atoms with Crippen LogP contribution in [0.5, 0.6) is 0 Å². The monoisotopic (exact) mass is 244 g/mol. The quantitative estimate of drug-likeness (QED) is 0.592. The number of carbonyl (C=O) groups is 1. The van der Waals surface area contributed by atoms with Gasteiger partial charge in [-0.15, -0.1) is 0 Å². The van der Waals surface area contributed by atoms with Gasteiger partial charge in [0.1, 0.15) is 11.7 Å². The maximum Gasteiger partial charge on any atom is 0.428 e. The van der Waals surface area contributed by atoms with E-state index in [1.165, 1.54) is 6.21 Å². The van der Waals surface area contributed by atoms with Gasteiger partial charge in [0.2, 0.25) is 0 Å². The third-order valence-corrected chi connectivity index (χ3v) is 1.83. The zero-order valence-corrected chi connectivity index (χ0v) is 10.9. The van der Waals surface area contributed by atoms with Crippen LogP contribution in [0, 0.1) is 0 Å². The van der Waals surface area contributed by atoms with Gasteiger partial charge in [-0.05, 0) is 34.6 Å². The molecule has 1 aliphatic rings. The van der Waals surface area contributed by atoms with E-state index < -0.39 is 17.5 Å². The number of rotatable bonds is 2. The maximum atomic E-state index is 11.2. The van der Waals surface area contributed by atoms with Crippen molar-refractivity contribution in [1.82, 2.24) is 5.43 Å². The Hall–Kier alpha value is -1.14. The van der Waals surface area contributed by atoms with Crippen LogP contribution in [0.2, 0.25) is 0 Å². The molecule has 0 bridgehead atoms. The molecule has 1 saturated heterocycles. The minimum atomic E-state index is -0.595. The van der Waals surface area contributed by atoms with Crippen LogP contribution >= 0.6 is 0 Å². The van der Waals surface area contributed by atoms with Crippen LogP contribution in [0.4, 0.5) is 4.79 Å². The lowest BCUT2D eigenvalue weighted by Crippen LogP contribution is -2.30. The summed E-state index contributed by atoms with van der Waals surface area (Å²) in [6.45, 7) is 9.42. The molecule has 1 aliphatic heterocycles. The Balaban J connectivity index is 2.29. The molecule has 0 aromatic rings. The second kappa shape index (κ2) is 5.01. The second-order valence-corrected chi connectivity index (χ2v) is 5.26. The molecule has 1 heterocycles. The van der Waals surface area contributed by atoms with E-state index >= 15 is 0 Å². The molecule has 1 N–H and O–H groups in total. The fraction of sp³-hybridized carbons (Fsp3) is 0.818. The molecule has 0 aromatic carbocycles. The molecule has 1 rings (SSSR count). The van der Waals surface area contributed by atoms with Crippen molar-refractivity contribution in [2.75, 3.05) is 6.61 Å². The van der Waals surface area contributed by atoms with Crippen LogP contribution in [-0.4, -0.2) is 36.4 Å². The number of ether oxygens (including phenoxy) is 3. The Labute approximate surface area is 101 Å². The standard InChI is InChI=1S/C11H20N2O4/c1-10(2,3)17-9(14)13-12-6-8-7-15-11(4,5)16-8/h6,8H,7H2,1-5H3,(H,13,14)/b12-6+/t8-/m0/s1. The molecule has 17 heavy (non-hydrogen) atoms. The lowest BCUT2D eigenvalue weighted by molar-refractivity contribution is -0.130. The average molecular weight is 244 g/mol. The van der Waals surface area contributed by atoms with Crippen molar-refractivity contribution < 1.29 is 19.0 Å². The van der Waals surface area contributed by atoms with Crippen LogP contribution in [0.3, 0.4) is 0 Å². The van der Waals surface area contributed by atoms with Crippen LogP contribution in [0.15, 0.2) is 5.10 Å². The fourth-order valence-electron chi connectivity index (χ4n) is 1.26. The van der Waals surface area contributed by atoms with Gasteiger partial charge in [0.15, 0.2) is 5.79 Å². The van der Waals surface area contributed by atoms with Crippen molar-refractivity contribution in [2.45, 2.75) is 52.1 Å². The number of nitrogens with zero attached hydrogens (tertiary/aromatic N) is 1. The molecule has 0 unspecified atom stereocenters. The Bertz CT molecular complexity index is 307. The predicted octanol–water partition coefficient (Wildman–Crippen LogP) is 1.65.